The second kappa shape index (κ2) is 9.01. The van der Waals surface area contributed by atoms with Crippen molar-refractivity contribution in [2.45, 2.75) is 43.6 Å². The van der Waals surface area contributed by atoms with Gasteiger partial charge in [0.15, 0.2) is 0 Å². The molecule has 188 valence electrons. The van der Waals surface area contributed by atoms with Gasteiger partial charge in [0.25, 0.3) is 5.91 Å². The lowest BCUT2D eigenvalue weighted by Crippen LogP contribution is -2.50. The van der Waals surface area contributed by atoms with Crippen LogP contribution in [0.5, 0.6) is 11.6 Å². The molecule has 0 spiro atoms. The highest BCUT2D eigenvalue weighted by Gasteiger charge is 2.43. The Bertz CT molecular complexity index is 1280. The fourth-order valence-electron chi connectivity index (χ4n) is 5.45. The lowest BCUT2D eigenvalue weighted by atomic mass is 10.0. The number of likely N-dealkylation sites (tertiary alicyclic amines) is 2. The monoisotopic (exact) mass is 498 g/mol. The van der Waals surface area contributed by atoms with Gasteiger partial charge in [-0.15, -0.1) is 0 Å². The summed E-state index contributed by atoms with van der Waals surface area (Å²) in [4.78, 5) is 25.9. The number of hydrogen-bond donors (Lipinski definition) is 0. The molecule has 6 rings (SSSR count). The van der Waals surface area contributed by atoms with Gasteiger partial charge in [-0.2, -0.15) is 13.2 Å². The Morgan fingerprint density at radius 2 is 1.89 bits per heavy atom. The molecule has 3 fully saturated rings. The van der Waals surface area contributed by atoms with Crippen LogP contribution in [0.4, 0.5) is 13.2 Å². The van der Waals surface area contributed by atoms with Crippen LogP contribution in [0.2, 0.25) is 0 Å². The van der Waals surface area contributed by atoms with Crippen LogP contribution in [0.1, 0.15) is 35.3 Å². The lowest BCUT2D eigenvalue weighted by Gasteiger charge is -2.40. The van der Waals surface area contributed by atoms with Crippen LogP contribution < -0.4 is 4.74 Å². The molecule has 0 saturated carbocycles. The van der Waals surface area contributed by atoms with E-state index in [0.29, 0.717) is 48.2 Å². The number of halogens is 3. The number of piperidine rings is 1. The first kappa shape index (κ1) is 23.2. The van der Waals surface area contributed by atoms with E-state index in [-0.39, 0.29) is 11.8 Å². The van der Waals surface area contributed by atoms with Gasteiger partial charge in [-0.25, -0.2) is 9.97 Å². The Labute approximate surface area is 205 Å². The van der Waals surface area contributed by atoms with Gasteiger partial charge < -0.3 is 14.4 Å². The number of benzene rings is 1. The summed E-state index contributed by atoms with van der Waals surface area (Å²) in [6.07, 6.45) is -0.277. The van der Waals surface area contributed by atoms with Crippen molar-refractivity contribution in [3.05, 3.63) is 59.9 Å². The van der Waals surface area contributed by atoms with E-state index in [1.807, 2.05) is 4.90 Å². The highest BCUT2D eigenvalue weighted by atomic mass is 19.4. The van der Waals surface area contributed by atoms with Crippen LogP contribution in [0.25, 0.3) is 10.9 Å². The number of carbonyl (C=O) groups is 1. The number of alkyl halides is 3. The van der Waals surface area contributed by atoms with Gasteiger partial charge in [0.1, 0.15) is 11.4 Å². The molecule has 3 aliphatic rings. The van der Waals surface area contributed by atoms with E-state index in [1.165, 1.54) is 6.07 Å². The molecule has 0 aliphatic carbocycles. The SMILES string of the molecule is O=C(c1ccc2cc(Oc3ccc(C(F)(F)F)cn3)ccc2n1)N1CCC(N2C[C@H]3C[C@@H]2CO3)CC1. The highest BCUT2D eigenvalue weighted by Crippen LogP contribution is 2.33. The van der Waals surface area contributed by atoms with Crippen LogP contribution in [0, 0.1) is 0 Å². The zero-order chi connectivity index (χ0) is 24.9. The maximum atomic E-state index is 13.1. The molecule has 0 radical (unpaired) electrons. The third-order valence-corrected chi connectivity index (χ3v) is 7.33. The molecule has 10 heteroatoms. The number of pyridine rings is 2. The summed E-state index contributed by atoms with van der Waals surface area (Å²) in [7, 11) is 0. The molecule has 0 N–H and O–H groups in total. The van der Waals surface area contributed by atoms with Crippen LogP contribution in [-0.4, -0.2) is 70.1 Å². The minimum atomic E-state index is -4.45. The van der Waals surface area contributed by atoms with Crippen molar-refractivity contribution in [3.63, 3.8) is 0 Å². The fourth-order valence-corrected chi connectivity index (χ4v) is 5.45. The van der Waals surface area contributed by atoms with Crippen molar-refractivity contribution in [3.8, 4) is 11.6 Å². The smallest absolute Gasteiger partial charge is 0.417 e. The first-order chi connectivity index (χ1) is 17.3. The minimum Gasteiger partial charge on any atom is -0.439 e. The maximum absolute atomic E-state index is 13.1. The van der Waals surface area contributed by atoms with E-state index in [2.05, 4.69) is 14.9 Å². The van der Waals surface area contributed by atoms with Crippen molar-refractivity contribution >= 4 is 16.8 Å². The Hall–Kier alpha value is -3.24. The second-order valence-corrected chi connectivity index (χ2v) is 9.60. The van der Waals surface area contributed by atoms with E-state index < -0.39 is 11.7 Å². The number of hydrogen-bond acceptors (Lipinski definition) is 6. The van der Waals surface area contributed by atoms with Crippen molar-refractivity contribution in [2.24, 2.45) is 0 Å². The molecule has 1 aromatic carbocycles. The molecule has 2 bridgehead atoms. The topological polar surface area (TPSA) is 67.8 Å². The first-order valence-electron chi connectivity index (χ1n) is 12.1. The molecule has 3 aromatic rings. The van der Waals surface area contributed by atoms with E-state index in [0.717, 1.165) is 50.1 Å². The summed E-state index contributed by atoms with van der Waals surface area (Å²) in [6, 6.07) is 11.7. The third-order valence-electron chi connectivity index (χ3n) is 7.33. The normalized spacial score (nSPS) is 22.9. The second-order valence-electron chi connectivity index (χ2n) is 9.60. The Morgan fingerprint density at radius 3 is 2.56 bits per heavy atom. The van der Waals surface area contributed by atoms with Crippen molar-refractivity contribution < 1.29 is 27.4 Å². The minimum absolute atomic E-state index is 0.0554. The summed E-state index contributed by atoms with van der Waals surface area (Å²) in [5.74, 6) is 0.398. The van der Waals surface area contributed by atoms with Crippen molar-refractivity contribution in [2.75, 3.05) is 26.2 Å². The summed E-state index contributed by atoms with van der Waals surface area (Å²) >= 11 is 0. The standard InChI is InChI=1S/C26H25F3N4O3/c27-26(28,29)17-2-6-24(30-13-17)36-20-3-5-22-16(11-20)1-4-23(31-22)25(34)32-9-7-18(8-10-32)33-14-21-12-19(33)15-35-21/h1-6,11,13,18-19,21H,7-10,12,14-15H2/t19-,21-/m1/s1. The van der Waals surface area contributed by atoms with Crippen molar-refractivity contribution in [1.82, 2.24) is 19.8 Å². The highest BCUT2D eigenvalue weighted by molar-refractivity contribution is 5.95. The summed E-state index contributed by atoms with van der Waals surface area (Å²) in [6.45, 7) is 3.27. The maximum Gasteiger partial charge on any atom is 0.417 e. The predicted molar refractivity (Wildman–Crippen MR) is 125 cm³/mol. The molecular formula is C26H25F3N4O3. The van der Waals surface area contributed by atoms with E-state index >= 15 is 0 Å². The van der Waals surface area contributed by atoms with Gasteiger partial charge in [-0.05, 0) is 49.6 Å². The number of aromatic nitrogens is 2. The molecule has 5 heterocycles. The molecule has 2 aromatic heterocycles. The van der Waals surface area contributed by atoms with Gasteiger partial charge in [0.2, 0.25) is 5.88 Å². The number of ether oxygens (including phenoxy) is 2. The summed E-state index contributed by atoms with van der Waals surface area (Å²) in [5, 5.41) is 0.751. The first-order valence-corrected chi connectivity index (χ1v) is 12.1. The Morgan fingerprint density at radius 1 is 1.06 bits per heavy atom. The van der Waals surface area contributed by atoms with Crippen LogP contribution in [0.15, 0.2) is 48.7 Å². The predicted octanol–water partition coefficient (Wildman–Crippen LogP) is 4.52. The summed E-state index contributed by atoms with van der Waals surface area (Å²) in [5.41, 5.74) is 0.195. The quantitative estimate of drug-likeness (QED) is 0.527. The van der Waals surface area contributed by atoms with Crippen LogP contribution in [0.3, 0.4) is 0 Å². The van der Waals surface area contributed by atoms with Gasteiger partial charge in [-0.3, -0.25) is 9.69 Å². The Balaban J connectivity index is 1.10. The molecule has 2 atom stereocenters. The van der Waals surface area contributed by atoms with E-state index in [1.54, 1.807) is 30.3 Å². The zero-order valence-electron chi connectivity index (χ0n) is 19.4. The van der Waals surface area contributed by atoms with Gasteiger partial charge in [0.05, 0.1) is 23.8 Å². The molecule has 3 aliphatic heterocycles. The largest absolute Gasteiger partial charge is 0.439 e. The molecule has 36 heavy (non-hydrogen) atoms. The van der Waals surface area contributed by atoms with Gasteiger partial charge >= 0.3 is 6.18 Å². The fraction of sp³-hybridized carbons (Fsp3) is 0.423. The number of carbonyl (C=O) groups excluding carboxylic acids is 1. The van der Waals surface area contributed by atoms with Gasteiger partial charge in [0, 0.05) is 49.4 Å². The van der Waals surface area contributed by atoms with Crippen LogP contribution in [-0.2, 0) is 10.9 Å². The van der Waals surface area contributed by atoms with Gasteiger partial charge in [-0.1, -0.05) is 6.07 Å². The Kier molecular flexibility index (Phi) is 5.80. The number of nitrogens with zero attached hydrogens (tertiary/aromatic N) is 4. The summed E-state index contributed by atoms with van der Waals surface area (Å²) < 4.78 is 49.5. The van der Waals surface area contributed by atoms with Crippen LogP contribution >= 0.6 is 0 Å². The molecule has 3 saturated heterocycles. The average molecular weight is 499 g/mol. The number of amides is 1. The van der Waals surface area contributed by atoms with Crippen molar-refractivity contribution in [1.29, 1.82) is 0 Å². The molecule has 0 unspecified atom stereocenters. The number of rotatable bonds is 4. The average Bonchev–Trinajstić information content (AvgIpc) is 3.52. The zero-order valence-corrected chi connectivity index (χ0v) is 19.4. The molecular weight excluding hydrogens is 473 g/mol. The molecule has 1 amide bonds. The third kappa shape index (κ3) is 4.51. The lowest BCUT2D eigenvalue weighted by molar-refractivity contribution is -0.137. The number of morpholine rings is 1. The van der Waals surface area contributed by atoms with E-state index in [9.17, 15) is 18.0 Å². The van der Waals surface area contributed by atoms with E-state index in [4.69, 9.17) is 9.47 Å². The number of fused-ring (bicyclic) bond motifs is 3. The molecule has 7 nitrogen and oxygen atoms in total.